The van der Waals surface area contributed by atoms with E-state index in [-0.39, 0.29) is 6.54 Å². The van der Waals surface area contributed by atoms with Crippen molar-refractivity contribution >= 4 is 27.2 Å². The highest BCUT2D eigenvalue weighted by Gasteiger charge is 2.25. The lowest BCUT2D eigenvalue weighted by molar-refractivity contribution is 0.498. The van der Waals surface area contributed by atoms with E-state index >= 15 is 0 Å². The van der Waals surface area contributed by atoms with E-state index in [4.69, 9.17) is 18.0 Å². The highest BCUT2D eigenvalue weighted by atomic mass is 32.2. The molecule has 4 nitrogen and oxygen atoms in total. The molecule has 6 heteroatoms. The van der Waals surface area contributed by atoms with Crippen molar-refractivity contribution in [2.24, 2.45) is 11.1 Å². The lowest BCUT2D eigenvalue weighted by atomic mass is 9.94. The van der Waals surface area contributed by atoms with Crippen molar-refractivity contribution in [1.29, 1.82) is 0 Å². The van der Waals surface area contributed by atoms with Crippen LogP contribution in [0.25, 0.3) is 0 Å². The Hall–Kier alpha value is -0.200. The van der Waals surface area contributed by atoms with Gasteiger partial charge in [-0.15, -0.1) is 0 Å². The molecule has 3 N–H and O–H groups in total. The summed E-state index contributed by atoms with van der Waals surface area (Å²) in [5, 5.41) is -0.440. The predicted molar refractivity (Wildman–Crippen MR) is 62.6 cm³/mol. The van der Waals surface area contributed by atoms with Gasteiger partial charge in [-0.05, 0) is 13.8 Å². The molecule has 14 heavy (non-hydrogen) atoms. The van der Waals surface area contributed by atoms with Gasteiger partial charge in [0.2, 0.25) is 10.0 Å². The minimum absolute atomic E-state index is 0.239. The Labute approximate surface area is 91.3 Å². The Morgan fingerprint density at radius 2 is 1.93 bits per heavy atom. The zero-order valence-corrected chi connectivity index (χ0v) is 10.6. The van der Waals surface area contributed by atoms with Crippen molar-refractivity contribution in [2.75, 3.05) is 6.54 Å². The molecule has 0 radical (unpaired) electrons. The summed E-state index contributed by atoms with van der Waals surface area (Å²) in [4.78, 5) is 0.309. The molecular weight excluding hydrogens is 220 g/mol. The van der Waals surface area contributed by atoms with Crippen LogP contribution < -0.4 is 10.5 Å². The molecule has 0 aliphatic carbocycles. The van der Waals surface area contributed by atoms with Crippen molar-refractivity contribution < 1.29 is 8.42 Å². The number of hydrogen-bond donors (Lipinski definition) is 2. The smallest absolute Gasteiger partial charge is 0.213 e. The summed E-state index contributed by atoms with van der Waals surface area (Å²) in [5.41, 5.74) is 4.98. The van der Waals surface area contributed by atoms with Gasteiger partial charge in [-0.2, -0.15) is 0 Å². The first-order valence-electron chi connectivity index (χ1n) is 4.38. The summed E-state index contributed by atoms with van der Waals surface area (Å²) >= 11 is 4.83. The van der Waals surface area contributed by atoms with E-state index in [0.29, 0.717) is 4.99 Å². The maximum absolute atomic E-state index is 11.4. The second-order valence-electron chi connectivity index (χ2n) is 4.16. The van der Waals surface area contributed by atoms with E-state index < -0.39 is 20.7 Å². The van der Waals surface area contributed by atoms with Crippen LogP contribution in [0, 0.1) is 5.41 Å². The average molecular weight is 238 g/mol. The summed E-state index contributed by atoms with van der Waals surface area (Å²) < 4.78 is 25.3. The first-order valence-corrected chi connectivity index (χ1v) is 6.33. The number of hydrogen-bond acceptors (Lipinski definition) is 3. The molecule has 0 aromatic carbocycles. The van der Waals surface area contributed by atoms with Gasteiger partial charge in [0.25, 0.3) is 0 Å². The van der Waals surface area contributed by atoms with Crippen LogP contribution in [0.5, 0.6) is 0 Å². The molecule has 0 fully saturated rings. The van der Waals surface area contributed by atoms with Crippen molar-refractivity contribution in [3.8, 4) is 0 Å². The first-order chi connectivity index (χ1) is 6.09. The standard InChI is InChI=1S/C8H18N2O2S2/c1-6(2)14(11,12)10-5-8(3,4)7(9)13/h6,10H,5H2,1-4H3,(H2,9,13). The van der Waals surface area contributed by atoms with Gasteiger partial charge in [-0.25, -0.2) is 13.1 Å². The lowest BCUT2D eigenvalue weighted by Crippen LogP contribution is -2.43. The zero-order valence-electron chi connectivity index (χ0n) is 8.99. The number of sulfonamides is 1. The highest BCUT2D eigenvalue weighted by Crippen LogP contribution is 2.14. The van der Waals surface area contributed by atoms with Crippen LogP contribution in [-0.4, -0.2) is 25.2 Å². The molecule has 0 bridgehead atoms. The summed E-state index contributed by atoms with van der Waals surface area (Å²) in [6.07, 6.45) is 0. The number of thiocarbonyl (C=S) groups is 1. The van der Waals surface area contributed by atoms with Gasteiger partial charge >= 0.3 is 0 Å². The Bertz CT molecular complexity index is 307. The van der Waals surface area contributed by atoms with E-state index in [9.17, 15) is 8.42 Å². The molecule has 0 unspecified atom stereocenters. The minimum atomic E-state index is -3.23. The number of nitrogens with two attached hydrogens (primary N) is 1. The third-order valence-corrected chi connectivity index (χ3v) is 4.34. The molecule has 0 rings (SSSR count). The van der Waals surface area contributed by atoms with E-state index in [1.165, 1.54) is 0 Å². The Morgan fingerprint density at radius 1 is 1.50 bits per heavy atom. The summed E-state index contributed by atoms with van der Waals surface area (Å²) in [7, 11) is -3.23. The molecule has 0 amide bonds. The highest BCUT2D eigenvalue weighted by molar-refractivity contribution is 7.90. The predicted octanol–water partition coefficient (Wildman–Crippen LogP) is 0.626. The second kappa shape index (κ2) is 4.55. The summed E-state index contributed by atoms with van der Waals surface area (Å²) in [6.45, 7) is 7.09. The minimum Gasteiger partial charge on any atom is -0.393 e. The fourth-order valence-corrected chi connectivity index (χ4v) is 1.50. The maximum Gasteiger partial charge on any atom is 0.213 e. The van der Waals surface area contributed by atoms with Crippen LogP contribution in [0.2, 0.25) is 0 Å². The van der Waals surface area contributed by atoms with Gasteiger partial charge in [0.1, 0.15) is 0 Å². The van der Waals surface area contributed by atoms with Crippen molar-refractivity contribution in [1.82, 2.24) is 4.72 Å². The fourth-order valence-electron chi connectivity index (χ4n) is 0.535. The number of rotatable bonds is 5. The van der Waals surface area contributed by atoms with Crippen LogP contribution in [0.1, 0.15) is 27.7 Å². The fraction of sp³-hybridized carbons (Fsp3) is 0.875. The van der Waals surface area contributed by atoms with Gasteiger partial charge in [-0.3, -0.25) is 0 Å². The quantitative estimate of drug-likeness (QED) is 0.689. The van der Waals surface area contributed by atoms with Crippen LogP contribution in [0.3, 0.4) is 0 Å². The summed E-state index contributed by atoms with van der Waals surface area (Å²) in [5.74, 6) is 0. The Morgan fingerprint density at radius 3 is 2.21 bits per heavy atom. The topological polar surface area (TPSA) is 72.2 Å². The Balaban J connectivity index is 4.41. The normalized spacial score (nSPS) is 13.2. The van der Waals surface area contributed by atoms with E-state index in [1.807, 2.05) is 0 Å². The van der Waals surface area contributed by atoms with Gasteiger partial charge in [0.15, 0.2) is 0 Å². The number of nitrogens with one attached hydrogen (secondary N) is 1. The van der Waals surface area contributed by atoms with E-state index in [0.717, 1.165) is 0 Å². The van der Waals surface area contributed by atoms with Crippen LogP contribution in [-0.2, 0) is 10.0 Å². The van der Waals surface area contributed by atoms with Gasteiger partial charge in [0.05, 0.1) is 10.2 Å². The van der Waals surface area contributed by atoms with Gasteiger partial charge in [0, 0.05) is 12.0 Å². The molecule has 0 aromatic rings. The van der Waals surface area contributed by atoms with Gasteiger partial charge in [-0.1, -0.05) is 26.1 Å². The Kier molecular flexibility index (Phi) is 4.48. The van der Waals surface area contributed by atoms with Crippen molar-refractivity contribution in [3.63, 3.8) is 0 Å². The molecular formula is C8H18N2O2S2. The van der Waals surface area contributed by atoms with Gasteiger partial charge < -0.3 is 5.73 Å². The SMILES string of the molecule is CC(C)S(=O)(=O)NCC(C)(C)C(N)=S. The van der Waals surface area contributed by atoms with E-state index in [2.05, 4.69) is 4.72 Å². The first kappa shape index (κ1) is 13.8. The largest absolute Gasteiger partial charge is 0.393 e. The average Bonchev–Trinajstić information content (AvgIpc) is 2.01. The second-order valence-corrected chi connectivity index (χ2v) is 6.92. The molecule has 0 atom stereocenters. The third kappa shape index (κ3) is 3.89. The molecule has 0 saturated carbocycles. The lowest BCUT2D eigenvalue weighted by Gasteiger charge is -2.23. The van der Waals surface area contributed by atoms with Crippen molar-refractivity contribution in [3.05, 3.63) is 0 Å². The van der Waals surface area contributed by atoms with Crippen LogP contribution in [0.15, 0.2) is 0 Å². The van der Waals surface area contributed by atoms with Crippen LogP contribution in [0.4, 0.5) is 0 Å². The third-order valence-electron chi connectivity index (χ3n) is 2.00. The molecule has 0 aliphatic rings. The molecule has 0 saturated heterocycles. The maximum atomic E-state index is 11.4. The van der Waals surface area contributed by atoms with E-state index in [1.54, 1.807) is 27.7 Å². The monoisotopic (exact) mass is 238 g/mol. The molecule has 0 heterocycles. The van der Waals surface area contributed by atoms with Crippen molar-refractivity contribution in [2.45, 2.75) is 32.9 Å². The molecule has 84 valence electrons. The molecule has 0 aromatic heterocycles. The van der Waals surface area contributed by atoms with Crippen LogP contribution >= 0.6 is 12.2 Å². The zero-order chi connectivity index (χ0) is 11.6. The molecule has 0 spiro atoms. The molecule has 0 aliphatic heterocycles. The summed E-state index contributed by atoms with van der Waals surface area (Å²) in [6, 6.07) is 0.